The fraction of sp³-hybridized carbons (Fsp3) is 0.423. The van der Waals surface area contributed by atoms with E-state index in [1.54, 1.807) is 60.7 Å². The minimum atomic E-state index is -4.25. The quantitative estimate of drug-likeness (QED) is 0.352. The molecule has 1 atom stereocenters. The van der Waals surface area contributed by atoms with E-state index in [0.717, 1.165) is 5.56 Å². The van der Waals surface area contributed by atoms with Crippen LogP contribution in [0.15, 0.2) is 30.3 Å². The zero-order valence-corrected chi connectivity index (χ0v) is 22.6. The highest BCUT2D eigenvalue weighted by atomic mass is 35.5. The second kappa shape index (κ2) is 10.5. The lowest BCUT2D eigenvalue weighted by Crippen LogP contribution is -2.41. The molecule has 0 radical (unpaired) electrons. The number of alkyl halides is 3. The van der Waals surface area contributed by atoms with Crippen LogP contribution in [0.25, 0.3) is 11.0 Å². The number of halogens is 5. The first-order chi connectivity index (χ1) is 17.8. The lowest BCUT2D eigenvalue weighted by molar-refractivity contribution is -0.176. The molecule has 0 spiro atoms. The summed E-state index contributed by atoms with van der Waals surface area (Å²) in [5, 5.41) is 15.8. The number of fused-ring (bicyclic) bond motifs is 1. The standard InChI is InChI=1S/C26H27Cl2F3N6O/c1-25(2,14-32)23(38)33-12-15-6-7-17(27)19(9-15)34-24-35-20-10-18(28)21(11-22(20)36(24)3)37-8-4-5-16(13-37)26(29,30)31/h6-7,9-11,16H,4-5,8,12-13H2,1-3H3,(H,33,38)(H,34,35). The lowest BCUT2D eigenvalue weighted by atomic mass is 9.95. The van der Waals surface area contributed by atoms with E-state index in [2.05, 4.69) is 15.6 Å². The topological polar surface area (TPSA) is 86.0 Å². The molecule has 1 unspecified atom stereocenters. The Kier molecular flexibility index (Phi) is 7.73. The molecule has 1 amide bonds. The first-order valence-corrected chi connectivity index (χ1v) is 12.8. The van der Waals surface area contributed by atoms with Gasteiger partial charge in [-0.25, -0.2) is 4.98 Å². The lowest BCUT2D eigenvalue weighted by Gasteiger charge is -2.35. The average Bonchev–Trinajstić information content (AvgIpc) is 3.16. The van der Waals surface area contributed by atoms with Gasteiger partial charge >= 0.3 is 6.18 Å². The van der Waals surface area contributed by atoms with Gasteiger partial charge in [-0.3, -0.25) is 4.79 Å². The van der Waals surface area contributed by atoms with Crippen LogP contribution in [0.3, 0.4) is 0 Å². The third-order valence-electron chi connectivity index (χ3n) is 6.75. The third-order valence-corrected chi connectivity index (χ3v) is 7.38. The number of nitrogens with zero attached hydrogens (tertiary/aromatic N) is 4. The Morgan fingerprint density at radius 1 is 1.21 bits per heavy atom. The molecule has 2 heterocycles. The van der Waals surface area contributed by atoms with Crippen molar-refractivity contribution in [2.24, 2.45) is 18.4 Å². The van der Waals surface area contributed by atoms with E-state index in [4.69, 9.17) is 28.5 Å². The van der Waals surface area contributed by atoms with Gasteiger partial charge in [-0.2, -0.15) is 18.4 Å². The van der Waals surface area contributed by atoms with Gasteiger partial charge in [-0.05, 0) is 56.5 Å². The largest absolute Gasteiger partial charge is 0.393 e. The molecule has 2 aromatic carbocycles. The summed E-state index contributed by atoms with van der Waals surface area (Å²) in [7, 11) is 1.78. The Balaban J connectivity index is 1.57. The predicted octanol–water partition coefficient (Wildman–Crippen LogP) is 6.57. The van der Waals surface area contributed by atoms with Crippen LogP contribution in [0.2, 0.25) is 10.0 Å². The fourth-order valence-electron chi connectivity index (χ4n) is 4.37. The molecule has 0 bridgehead atoms. The minimum Gasteiger partial charge on any atom is -0.370 e. The van der Waals surface area contributed by atoms with E-state index >= 15 is 0 Å². The number of nitrogens with one attached hydrogen (secondary N) is 2. The van der Waals surface area contributed by atoms with Crippen molar-refractivity contribution in [3.05, 3.63) is 45.9 Å². The van der Waals surface area contributed by atoms with E-state index in [0.29, 0.717) is 51.4 Å². The van der Waals surface area contributed by atoms with Crippen molar-refractivity contribution in [1.29, 1.82) is 5.26 Å². The number of amides is 1. The van der Waals surface area contributed by atoms with E-state index < -0.39 is 17.5 Å². The smallest absolute Gasteiger partial charge is 0.370 e. The van der Waals surface area contributed by atoms with Gasteiger partial charge in [0, 0.05) is 26.7 Å². The van der Waals surface area contributed by atoms with Crippen molar-refractivity contribution in [3.8, 4) is 6.07 Å². The second-order valence-corrected chi connectivity index (χ2v) is 10.8. The highest BCUT2D eigenvalue weighted by Gasteiger charge is 2.42. The van der Waals surface area contributed by atoms with Crippen molar-refractivity contribution in [2.75, 3.05) is 23.3 Å². The summed E-state index contributed by atoms with van der Waals surface area (Å²) in [4.78, 5) is 18.5. The first kappa shape index (κ1) is 27.9. The SMILES string of the molecule is Cn1c(Nc2cc(CNC(=O)C(C)(C)C#N)ccc2Cl)nc2cc(Cl)c(N3CCCC(C(F)(F)F)C3)cc21. The monoisotopic (exact) mass is 566 g/mol. The van der Waals surface area contributed by atoms with Crippen LogP contribution < -0.4 is 15.5 Å². The molecule has 2 N–H and O–H groups in total. The number of carbonyl (C=O) groups is 1. The number of carbonyl (C=O) groups excluding carboxylic acids is 1. The number of aromatic nitrogens is 2. The molecule has 7 nitrogen and oxygen atoms in total. The average molecular weight is 567 g/mol. The summed E-state index contributed by atoms with van der Waals surface area (Å²) in [5.41, 5.74) is 1.96. The van der Waals surface area contributed by atoms with Gasteiger partial charge in [0.25, 0.3) is 0 Å². The highest BCUT2D eigenvalue weighted by molar-refractivity contribution is 6.34. The molecule has 0 aliphatic carbocycles. The maximum atomic E-state index is 13.3. The van der Waals surface area contributed by atoms with Crippen molar-refractivity contribution in [3.63, 3.8) is 0 Å². The molecule has 1 fully saturated rings. The molecule has 4 rings (SSSR count). The van der Waals surface area contributed by atoms with Crippen molar-refractivity contribution >= 4 is 57.5 Å². The number of hydrogen-bond acceptors (Lipinski definition) is 5. The van der Waals surface area contributed by atoms with Crippen LogP contribution in [-0.4, -0.2) is 34.7 Å². The van der Waals surface area contributed by atoms with Gasteiger partial charge in [0.05, 0.1) is 44.4 Å². The van der Waals surface area contributed by atoms with Crippen LogP contribution in [0.5, 0.6) is 0 Å². The third kappa shape index (κ3) is 5.79. The van der Waals surface area contributed by atoms with Crippen LogP contribution in [0, 0.1) is 22.7 Å². The van der Waals surface area contributed by atoms with E-state index in [1.165, 1.54) is 0 Å². The van der Waals surface area contributed by atoms with Gasteiger partial charge < -0.3 is 20.1 Å². The van der Waals surface area contributed by atoms with E-state index in [-0.39, 0.29) is 25.4 Å². The Morgan fingerprint density at radius 2 is 1.95 bits per heavy atom. The number of nitriles is 1. The molecule has 12 heteroatoms. The Bertz CT molecular complexity index is 1410. The maximum Gasteiger partial charge on any atom is 0.393 e. The number of benzene rings is 2. The van der Waals surface area contributed by atoms with Crippen LogP contribution in [0.1, 0.15) is 32.3 Å². The number of anilines is 3. The van der Waals surface area contributed by atoms with E-state index in [1.807, 2.05) is 6.07 Å². The Morgan fingerprint density at radius 3 is 2.63 bits per heavy atom. The van der Waals surface area contributed by atoms with Gasteiger partial charge in [-0.1, -0.05) is 29.3 Å². The Hall–Kier alpha value is -3.16. The molecule has 0 saturated carbocycles. The van der Waals surface area contributed by atoms with Gasteiger partial charge in [0.1, 0.15) is 5.41 Å². The zero-order valence-electron chi connectivity index (χ0n) is 21.1. The number of imidazole rings is 1. The van der Waals surface area contributed by atoms with Gasteiger partial charge in [0.2, 0.25) is 11.9 Å². The van der Waals surface area contributed by atoms with Crippen molar-refractivity contribution in [1.82, 2.24) is 14.9 Å². The van der Waals surface area contributed by atoms with Gasteiger partial charge in [0.15, 0.2) is 0 Å². The molecule has 1 aromatic heterocycles. The highest BCUT2D eigenvalue weighted by Crippen LogP contribution is 2.39. The van der Waals surface area contributed by atoms with Crippen molar-refractivity contribution < 1.29 is 18.0 Å². The minimum absolute atomic E-state index is 0.110. The molecule has 1 aliphatic rings. The normalized spacial score (nSPS) is 16.4. The molecule has 202 valence electrons. The van der Waals surface area contributed by atoms with E-state index in [9.17, 15) is 18.0 Å². The predicted molar refractivity (Wildman–Crippen MR) is 143 cm³/mol. The van der Waals surface area contributed by atoms with Crippen LogP contribution in [0.4, 0.5) is 30.5 Å². The molecule has 1 aliphatic heterocycles. The molecule has 38 heavy (non-hydrogen) atoms. The summed E-state index contributed by atoms with van der Waals surface area (Å²) in [6.07, 6.45) is -3.71. The summed E-state index contributed by atoms with van der Waals surface area (Å²) in [6, 6.07) is 10.6. The summed E-state index contributed by atoms with van der Waals surface area (Å²) in [5.74, 6) is -1.33. The molecular formula is C26H27Cl2F3N6O. The second-order valence-electron chi connectivity index (χ2n) is 9.97. The number of rotatable bonds is 6. The maximum absolute atomic E-state index is 13.3. The molecular weight excluding hydrogens is 540 g/mol. The molecule has 1 saturated heterocycles. The summed E-state index contributed by atoms with van der Waals surface area (Å²) in [6.45, 7) is 3.64. The van der Waals surface area contributed by atoms with Crippen LogP contribution >= 0.6 is 23.2 Å². The number of hydrogen-bond donors (Lipinski definition) is 2. The fourth-order valence-corrected chi connectivity index (χ4v) is 4.81. The van der Waals surface area contributed by atoms with Crippen molar-refractivity contribution in [2.45, 2.75) is 39.4 Å². The molecule has 3 aromatic rings. The first-order valence-electron chi connectivity index (χ1n) is 12.0. The number of aryl methyl sites for hydroxylation is 1. The summed E-state index contributed by atoms with van der Waals surface area (Å²) >= 11 is 12.9. The zero-order chi connectivity index (χ0) is 27.8. The Labute approximate surface area is 228 Å². The summed E-state index contributed by atoms with van der Waals surface area (Å²) < 4.78 is 41.8. The van der Waals surface area contributed by atoms with Crippen LogP contribution in [-0.2, 0) is 18.4 Å². The number of piperidine rings is 1. The van der Waals surface area contributed by atoms with Gasteiger partial charge in [-0.15, -0.1) is 0 Å².